The van der Waals surface area contributed by atoms with Crippen LogP contribution in [0.4, 0.5) is 11.4 Å². The van der Waals surface area contributed by atoms with Gasteiger partial charge in [0.05, 0.1) is 44.0 Å². The molecule has 0 amide bonds. The SMILES string of the molecule is C=C/C=c1\c(=C2/Cc3ccccc3N2c2ccccc2)c2cccc3c4c(C(C)C)c5c(c(C(C)C)c4n1c23)c1cccc2c3c4c(ccc3n5c12)c1ccccc1n4-c1ccccc1. The van der Waals surface area contributed by atoms with E-state index < -0.39 is 0 Å². The summed E-state index contributed by atoms with van der Waals surface area (Å²) in [7, 11) is 0. The van der Waals surface area contributed by atoms with Crippen molar-refractivity contribution in [3.63, 3.8) is 0 Å². The molecule has 13 aromatic rings. The van der Waals surface area contributed by atoms with Gasteiger partial charge in [-0.3, -0.25) is 0 Å². The van der Waals surface area contributed by atoms with E-state index in [1.54, 1.807) is 0 Å². The zero-order chi connectivity index (χ0) is 43.4. The quantitative estimate of drug-likeness (QED) is 0.169. The summed E-state index contributed by atoms with van der Waals surface area (Å²) in [5.41, 5.74) is 18.1. The highest BCUT2D eigenvalue weighted by Gasteiger charge is 2.33. The van der Waals surface area contributed by atoms with Gasteiger partial charge in [-0.05, 0) is 77.1 Å². The summed E-state index contributed by atoms with van der Waals surface area (Å²) >= 11 is 0. The molecule has 0 N–H and O–H groups in total. The molecule has 0 radical (unpaired) electrons. The number of rotatable bonds is 5. The molecule has 0 saturated heterocycles. The Labute approximate surface area is 376 Å². The van der Waals surface area contributed by atoms with Crippen molar-refractivity contribution >= 4 is 110 Å². The van der Waals surface area contributed by atoms with Gasteiger partial charge in [0.2, 0.25) is 0 Å². The standard InChI is InChI=1S/C61H46N4/c1-6-19-48-53(50-34-37-20-13-15-30-46(37)62(50)38-21-9-7-10-22-38)42-26-17-28-44-55-52(36(4)5)61-56(51(35(2)3)60(55)64(48)57(42)44)45-29-18-27-43-54-49(65(61)58(43)45)33-32-41-40-25-14-16-31-47(40)63(59(41)54)39-23-11-8-12-24-39/h6-33,35-36H,1,34H2,2-5H3/b48-19+,53-50+. The molecule has 310 valence electrons. The maximum atomic E-state index is 4.36. The minimum Gasteiger partial charge on any atom is -0.313 e. The molecule has 1 aliphatic rings. The van der Waals surface area contributed by atoms with Gasteiger partial charge in [-0.2, -0.15) is 0 Å². The first-order valence-corrected chi connectivity index (χ1v) is 23.2. The van der Waals surface area contributed by atoms with Gasteiger partial charge in [-0.1, -0.05) is 156 Å². The monoisotopic (exact) mass is 834 g/mol. The minimum atomic E-state index is 0.230. The van der Waals surface area contributed by atoms with Crippen molar-refractivity contribution in [1.29, 1.82) is 0 Å². The first kappa shape index (κ1) is 36.6. The molecule has 5 aromatic heterocycles. The number of para-hydroxylation sites is 6. The Morgan fingerprint density at radius 2 is 1.03 bits per heavy atom. The Kier molecular flexibility index (Phi) is 7.40. The molecule has 0 fully saturated rings. The topological polar surface area (TPSA) is 17.0 Å². The summed E-state index contributed by atoms with van der Waals surface area (Å²) in [6.07, 6.45) is 5.11. The third kappa shape index (κ3) is 4.56. The number of fused-ring (bicyclic) bond motifs is 14. The number of hydrogen-bond donors (Lipinski definition) is 0. The molecular formula is C61H46N4. The third-order valence-corrected chi connectivity index (χ3v) is 14.7. The maximum Gasteiger partial charge on any atom is 0.0641 e. The molecule has 0 saturated carbocycles. The van der Waals surface area contributed by atoms with Gasteiger partial charge >= 0.3 is 0 Å². The Hall–Kier alpha value is -7.82. The predicted molar refractivity (Wildman–Crippen MR) is 277 cm³/mol. The number of anilines is 2. The normalized spacial score (nSPS) is 14.7. The van der Waals surface area contributed by atoms with Crippen molar-refractivity contribution < 1.29 is 0 Å². The molecule has 0 unspecified atom stereocenters. The van der Waals surface area contributed by atoms with Gasteiger partial charge in [0.25, 0.3) is 0 Å². The van der Waals surface area contributed by atoms with Crippen LogP contribution in [0.1, 0.15) is 56.2 Å². The van der Waals surface area contributed by atoms with Crippen LogP contribution >= 0.6 is 0 Å². The molecule has 0 atom stereocenters. The highest BCUT2D eigenvalue weighted by Crippen LogP contribution is 2.52. The fourth-order valence-electron chi connectivity index (χ4n) is 12.5. The highest BCUT2D eigenvalue weighted by molar-refractivity contribution is 6.33. The lowest BCUT2D eigenvalue weighted by Gasteiger charge is -2.22. The minimum absolute atomic E-state index is 0.230. The average Bonchev–Trinajstić information content (AvgIpc) is 4.17. The van der Waals surface area contributed by atoms with Crippen molar-refractivity contribution in [2.45, 2.75) is 46.0 Å². The van der Waals surface area contributed by atoms with Gasteiger partial charge in [0.15, 0.2) is 0 Å². The number of benzene rings is 8. The zero-order valence-electron chi connectivity index (χ0n) is 37.0. The largest absolute Gasteiger partial charge is 0.313 e. The van der Waals surface area contributed by atoms with E-state index in [0.29, 0.717) is 0 Å². The number of nitrogens with zero attached hydrogens (tertiary/aromatic N) is 4. The maximum absolute atomic E-state index is 4.36. The molecule has 1 aliphatic heterocycles. The van der Waals surface area contributed by atoms with Crippen LogP contribution in [0.25, 0.3) is 105 Å². The van der Waals surface area contributed by atoms with Crippen LogP contribution in [0.5, 0.6) is 0 Å². The fraction of sp³-hybridized carbons (Fsp3) is 0.115. The number of hydrogen-bond acceptors (Lipinski definition) is 1. The Balaban J connectivity index is 1.21. The van der Waals surface area contributed by atoms with Crippen LogP contribution in [-0.2, 0) is 6.42 Å². The van der Waals surface area contributed by atoms with Crippen molar-refractivity contribution in [2.75, 3.05) is 4.90 Å². The van der Waals surface area contributed by atoms with E-state index in [2.05, 4.69) is 216 Å². The number of allylic oxidation sites excluding steroid dienone is 1. The van der Waals surface area contributed by atoms with E-state index in [1.807, 2.05) is 6.08 Å². The summed E-state index contributed by atoms with van der Waals surface area (Å²) < 4.78 is 7.81. The third-order valence-electron chi connectivity index (χ3n) is 14.7. The lowest BCUT2D eigenvalue weighted by atomic mass is 9.87. The first-order valence-electron chi connectivity index (χ1n) is 23.2. The van der Waals surface area contributed by atoms with Crippen LogP contribution in [-0.4, -0.2) is 13.4 Å². The van der Waals surface area contributed by atoms with E-state index >= 15 is 0 Å². The van der Waals surface area contributed by atoms with E-state index in [0.717, 1.165) is 6.42 Å². The molecule has 6 heterocycles. The molecule has 65 heavy (non-hydrogen) atoms. The fourth-order valence-corrected chi connectivity index (χ4v) is 12.5. The van der Waals surface area contributed by atoms with E-state index in [-0.39, 0.29) is 11.8 Å². The second kappa shape index (κ2) is 13.1. The van der Waals surface area contributed by atoms with Gasteiger partial charge in [-0.25, -0.2) is 0 Å². The molecule has 4 nitrogen and oxygen atoms in total. The van der Waals surface area contributed by atoms with Crippen molar-refractivity contribution in [2.24, 2.45) is 0 Å². The first-order chi connectivity index (χ1) is 32.0. The second-order valence-electron chi connectivity index (χ2n) is 18.8. The molecule has 8 aromatic carbocycles. The van der Waals surface area contributed by atoms with Crippen LogP contribution < -0.4 is 15.5 Å². The zero-order valence-corrected chi connectivity index (χ0v) is 37.0. The average molecular weight is 835 g/mol. The highest BCUT2D eigenvalue weighted by atomic mass is 15.2. The second-order valence-corrected chi connectivity index (χ2v) is 18.8. The van der Waals surface area contributed by atoms with Crippen LogP contribution in [0.15, 0.2) is 170 Å². The summed E-state index contributed by atoms with van der Waals surface area (Å²) in [5.74, 6) is 0.464. The summed E-state index contributed by atoms with van der Waals surface area (Å²) in [6, 6.07) is 58.6. The molecule has 0 bridgehead atoms. The van der Waals surface area contributed by atoms with Crippen molar-refractivity contribution in [1.82, 2.24) is 13.4 Å². The summed E-state index contributed by atoms with van der Waals surface area (Å²) in [6.45, 7) is 14.0. The lowest BCUT2D eigenvalue weighted by molar-refractivity contribution is 0.868. The van der Waals surface area contributed by atoms with Crippen molar-refractivity contribution in [3.05, 3.63) is 198 Å². The van der Waals surface area contributed by atoms with Crippen molar-refractivity contribution in [3.8, 4) is 5.69 Å². The van der Waals surface area contributed by atoms with Gasteiger partial charge in [0.1, 0.15) is 0 Å². The molecule has 0 aliphatic carbocycles. The molecule has 4 heteroatoms. The van der Waals surface area contributed by atoms with E-state index in [9.17, 15) is 0 Å². The summed E-state index contributed by atoms with van der Waals surface area (Å²) in [4.78, 5) is 2.50. The lowest BCUT2D eigenvalue weighted by Crippen LogP contribution is -2.32. The van der Waals surface area contributed by atoms with Crippen LogP contribution in [0.2, 0.25) is 0 Å². The number of aromatic nitrogens is 3. The Morgan fingerprint density at radius 1 is 0.462 bits per heavy atom. The Morgan fingerprint density at radius 3 is 1.72 bits per heavy atom. The van der Waals surface area contributed by atoms with Crippen LogP contribution in [0, 0.1) is 0 Å². The smallest absolute Gasteiger partial charge is 0.0641 e. The van der Waals surface area contributed by atoms with Gasteiger partial charge < -0.3 is 18.3 Å². The molecule has 14 rings (SSSR count). The molecular weight excluding hydrogens is 789 g/mol. The van der Waals surface area contributed by atoms with Gasteiger partial charge in [0, 0.05) is 82.9 Å². The van der Waals surface area contributed by atoms with E-state index in [4.69, 9.17) is 0 Å². The molecule has 0 spiro atoms. The van der Waals surface area contributed by atoms with Crippen LogP contribution in [0.3, 0.4) is 0 Å². The Bertz CT molecular complexity index is 4270. The predicted octanol–water partition coefficient (Wildman–Crippen LogP) is 14.6. The van der Waals surface area contributed by atoms with Gasteiger partial charge in [-0.15, -0.1) is 0 Å². The van der Waals surface area contributed by atoms with E-state index in [1.165, 1.54) is 137 Å². The summed E-state index contributed by atoms with van der Waals surface area (Å²) in [5, 5.41) is 14.3.